The van der Waals surface area contributed by atoms with Crippen LogP contribution in [0.1, 0.15) is 19.3 Å². The standard InChI is InChI=1S/C6H10F3NO.ClH/c7-6(8,9)11-5-2-1-4(10)3-5;/h4-5H,1-3,10H2;1H/t4-,5-;/m0./s1. The molecule has 0 unspecified atom stereocenters. The second kappa shape index (κ2) is 4.30. The zero-order chi connectivity index (χ0) is 8.48. The lowest BCUT2D eigenvalue weighted by Gasteiger charge is -2.13. The predicted octanol–water partition coefficient (Wildman–Crippen LogP) is 1.82. The zero-order valence-electron chi connectivity index (χ0n) is 6.30. The minimum Gasteiger partial charge on any atom is -0.328 e. The van der Waals surface area contributed by atoms with E-state index in [1.165, 1.54) is 0 Å². The van der Waals surface area contributed by atoms with Crippen LogP contribution in [-0.2, 0) is 4.74 Å². The van der Waals surface area contributed by atoms with Gasteiger partial charge in [-0.1, -0.05) is 0 Å². The van der Waals surface area contributed by atoms with E-state index < -0.39 is 12.5 Å². The van der Waals surface area contributed by atoms with Gasteiger partial charge in [-0.3, -0.25) is 4.74 Å². The van der Waals surface area contributed by atoms with E-state index in [4.69, 9.17) is 5.73 Å². The van der Waals surface area contributed by atoms with E-state index in [1.807, 2.05) is 0 Å². The maximum atomic E-state index is 11.6. The van der Waals surface area contributed by atoms with E-state index in [0.29, 0.717) is 19.3 Å². The average molecular weight is 206 g/mol. The maximum Gasteiger partial charge on any atom is 0.522 e. The van der Waals surface area contributed by atoms with Gasteiger partial charge in [0.05, 0.1) is 6.10 Å². The lowest BCUT2D eigenvalue weighted by molar-refractivity contribution is -0.341. The van der Waals surface area contributed by atoms with Gasteiger partial charge in [0.25, 0.3) is 0 Å². The highest BCUT2D eigenvalue weighted by atomic mass is 35.5. The number of nitrogens with two attached hydrogens (primary N) is 1. The first-order valence-electron chi connectivity index (χ1n) is 3.47. The molecule has 0 saturated heterocycles. The van der Waals surface area contributed by atoms with Gasteiger partial charge in [0.2, 0.25) is 0 Å². The molecular weight excluding hydrogens is 195 g/mol. The molecule has 0 bridgehead atoms. The second-order valence-electron chi connectivity index (χ2n) is 2.76. The van der Waals surface area contributed by atoms with Crippen molar-refractivity contribution in [1.82, 2.24) is 0 Å². The Kier molecular flexibility index (Phi) is 4.30. The van der Waals surface area contributed by atoms with E-state index >= 15 is 0 Å². The summed E-state index contributed by atoms with van der Waals surface area (Å²) >= 11 is 0. The SMILES string of the molecule is Cl.N[C@H]1CC[C@H](OC(F)(F)F)C1. The fraction of sp³-hybridized carbons (Fsp3) is 1.00. The van der Waals surface area contributed by atoms with Crippen LogP contribution in [0.3, 0.4) is 0 Å². The quantitative estimate of drug-likeness (QED) is 0.709. The third-order valence-electron chi connectivity index (χ3n) is 1.73. The molecule has 12 heavy (non-hydrogen) atoms. The molecule has 0 aliphatic heterocycles. The first-order valence-corrected chi connectivity index (χ1v) is 3.47. The van der Waals surface area contributed by atoms with Crippen molar-refractivity contribution >= 4 is 12.4 Å². The van der Waals surface area contributed by atoms with E-state index in [9.17, 15) is 13.2 Å². The van der Waals surface area contributed by atoms with Crippen molar-refractivity contribution in [1.29, 1.82) is 0 Å². The molecule has 2 nitrogen and oxygen atoms in total. The summed E-state index contributed by atoms with van der Waals surface area (Å²) in [4.78, 5) is 0. The first-order chi connectivity index (χ1) is 4.97. The molecule has 6 heteroatoms. The van der Waals surface area contributed by atoms with Crippen molar-refractivity contribution in [3.05, 3.63) is 0 Å². The molecule has 0 aromatic rings. The van der Waals surface area contributed by atoms with Crippen LogP contribution in [0.15, 0.2) is 0 Å². The summed E-state index contributed by atoms with van der Waals surface area (Å²) in [7, 11) is 0. The monoisotopic (exact) mass is 205 g/mol. The number of halogens is 4. The lowest BCUT2D eigenvalue weighted by Crippen LogP contribution is -2.23. The Morgan fingerprint density at radius 2 is 1.83 bits per heavy atom. The van der Waals surface area contributed by atoms with Crippen LogP contribution in [0.4, 0.5) is 13.2 Å². The van der Waals surface area contributed by atoms with Crippen LogP contribution in [0, 0.1) is 0 Å². The van der Waals surface area contributed by atoms with Crippen LogP contribution in [0.25, 0.3) is 0 Å². The summed E-state index contributed by atoms with van der Waals surface area (Å²) in [5, 5.41) is 0. The molecule has 0 spiro atoms. The second-order valence-corrected chi connectivity index (χ2v) is 2.76. The van der Waals surface area contributed by atoms with Crippen molar-refractivity contribution in [2.45, 2.75) is 37.8 Å². The number of alkyl halides is 3. The minimum atomic E-state index is -4.51. The fourth-order valence-corrected chi connectivity index (χ4v) is 1.27. The Morgan fingerprint density at radius 1 is 1.25 bits per heavy atom. The Labute approximate surface area is 74.7 Å². The van der Waals surface area contributed by atoms with Crippen LogP contribution >= 0.6 is 12.4 Å². The molecule has 1 saturated carbocycles. The maximum absolute atomic E-state index is 11.6. The van der Waals surface area contributed by atoms with Gasteiger partial charge in [-0.2, -0.15) is 0 Å². The summed E-state index contributed by atoms with van der Waals surface area (Å²) in [6.07, 6.45) is -3.86. The van der Waals surface area contributed by atoms with Gasteiger partial charge in [0.1, 0.15) is 0 Å². The third kappa shape index (κ3) is 4.13. The molecule has 1 rings (SSSR count). The van der Waals surface area contributed by atoms with Gasteiger partial charge >= 0.3 is 6.36 Å². The van der Waals surface area contributed by atoms with Crippen LogP contribution in [-0.4, -0.2) is 18.5 Å². The van der Waals surface area contributed by atoms with Crippen molar-refractivity contribution < 1.29 is 17.9 Å². The normalized spacial score (nSPS) is 30.0. The highest BCUT2D eigenvalue weighted by Gasteiger charge is 2.36. The number of hydrogen-bond donors (Lipinski definition) is 1. The van der Waals surface area contributed by atoms with Gasteiger partial charge < -0.3 is 5.73 Å². The molecule has 2 atom stereocenters. The number of hydrogen-bond acceptors (Lipinski definition) is 2. The highest BCUT2D eigenvalue weighted by molar-refractivity contribution is 5.85. The predicted molar refractivity (Wildman–Crippen MR) is 40.0 cm³/mol. The minimum absolute atomic E-state index is 0. The summed E-state index contributed by atoms with van der Waals surface area (Å²) in [6.45, 7) is 0. The molecular formula is C6H11ClF3NO. The van der Waals surface area contributed by atoms with Gasteiger partial charge in [-0.05, 0) is 19.3 Å². The van der Waals surface area contributed by atoms with E-state index in [-0.39, 0.29) is 18.4 Å². The van der Waals surface area contributed by atoms with Gasteiger partial charge in [-0.15, -0.1) is 25.6 Å². The first kappa shape index (κ1) is 12.0. The van der Waals surface area contributed by atoms with Crippen molar-refractivity contribution in [2.24, 2.45) is 5.73 Å². The Balaban J connectivity index is 0.00000121. The highest BCUT2D eigenvalue weighted by Crippen LogP contribution is 2.27. The Bertz CT molecular complexity index is 141. The van der Waals surface area contributed by atoms with Gasteiger partial charge in [0.15, 0.2) is 0 Å². The largest absolute Gasteiger partial charge is 0.522 e. The summed E-state index contributed by atoms with van der Waals surface area (Å²) in [6, 6.07) is -0.123. The van der Waals surface area contributed by atoms with Crippen LogP contribution in [0.5, 0.6) is 0 Å². The van der Waals surface area contributed by atoms with Crippen LogP contribution < -0.4 is 5.73 Å². The number of ether oxygens (including phenoxy) is 1. The molecule has 0 aromatic carbocycles. The molecule has 0 radical (unpaired) electrons. The zero-order valence-corrected chi connectivity index (χ0v) is 7.12. The molecule has 1 fully saturated rings. The Morgan fingerprint density at radius 3 is 2.17 bits per heavy atom. The Hall–Kier alpha value is -0.0000000000000000555. The third-order valence-corrected chi connectivity index (χ3v) is 1.73. The molecule has 0 heterocycles. The topological polar surface area (TPSA) is 35.2 Å². The molecule has 0 aromatic heterocycles. The van der Waals surface area contributed by atoms with Gasteiger partial charge in [-0.25, -0.2) is 0 Å². The van der Waals surface area contributed by atoms with Gasteiger partial charge in [0, 0.05) is 6.04 Å². The van der Waals surface area contributed by atoms with E-state index in [2.05, 4.69) is 4.74 Å². The number of rotatable bonds is 1. The summed E-state index contributed by atoms with van der Waals surface area (Å²) < 4.78 is 38.5. The molecule has 2 N–H and O–H groups in total. The molecule has 1 aliphatic carbocycles. The van der Waals surface area contributed by atoms with Crippen LogP contribution in [0.2, 0.25) is 0 Å². The van der Waals surface area contributed by atoms with Crippen molar-refractivity contribution in [3.8, 4) is 0 Å². The molecule has 74 valence electrons. The smallest absolute Gasteiger partial charge is 0.328 e. The molecule has 1 aliphatic rings. The van der Waals surface area contributed by atoms with Crippen molar-refractivity contribution in [3.63, 3.8) is 0 Å². The van der Waals surface area contributed by atoms with Crippen molar-refractivity contribution in [2.75, 3.05) is 0 Å². The average Bonchev–Trinajstić information content (AvgIpc) is 2.10. The molecule has 0 amide bonds. The van der Waals surface area contributed by atoms with E-state index in [0.717, 1.165) is 0 Å². The fourth-order valence-electron chi connectivity index (χ4n) is 1.27. The summed E-state index contributed by atoms with van der Waals surface area (Å²) in [5.41, 5.74) is 5.40. The van der Waals surface area contributed by atoms with E-state index in [1.54, 1.807) is 0 Å². The lowest BCUT2D eigenvalue weighted by atomic mass is 10.3. The summed E-state index contributed by atoms with van der Waals surface area (Å²) in [5.74, 6) is 0.